The van der Waals surface area contributed by atoms with Crippen molar-refractivity contribution < 1.29 is 4.52 Å². The van der Waals surface area contributed by atoms with Crippen molar-refractivity contribution >= 4 is 53.6 Å². The summed E-state index contributed by atoms with van der Waals surface area (Å²) in [6.07, 6.45) is 0. The van der Waals surface area contributed by atoms with Crippen molar-refractivity contribution in [1.82, 2.24) is 0 Å². The van der Waals surface area contributed by atoms with Gasteiger partial charge in [0.25, 0.3) is 0 Å². The van der Waals surface area contributed by atoms with Crippen LogP contribution in [0.15, 0.2) is 24.3 Å². The summed E-state index contributed by atoms with van der Waals surface area (Å²) in [6, 6.07) is 6.83. The Morgan fingerprint density at radius 2 is 1.67 bits per heavy atom. The summed E-state index contributed by atoms with van der Waals surface area (Å²) in [4.78, 5) is 0. The molecule has 0 aromatic heterocycles. The standard InChI is InChI=1S/C6H4Cl3OPSe/c7-5-1-3-6(4-2-5)10-11(8,9)12/h1-4H. The van der Waals surface area contributed by atoms with E-state index in [0.29, 0.717) is 10.8 Å². The molecule has 0 fully saturated rings. The number of rotatable bonds is 2. The molecule has 1 aromatic rings. The van der Waals surface area contributed by atoms with E-state index < -0.39 is 4.44 Å². The first kappa shape index (κ1) is 10.9. The summed E-state index contributed by atoms with van der Waals surface area (Å²) < 4.78 is 2.81. The maximum atomic E-state index is 5.67. The van der Waals surface area contributed by atoms with Crippen LogP contribution in [-0.4, -0.2) is 15.1 Å². The average Bonchev–Trinajstić information content (AvgIpc) is 1.91. The number of benzene rings is 1. The molecule has 0 saturated carbocycles. The second-order valence-corrected chi connectivity index (χ2v) is 12.7. The summed E-state index contributed by atoms with van der Waals surface area (Å²) in [7, 11) is 0. The first-order valence-corrected chi connectivity index (χ1v) is 9.03. The normalized spacial score (nSPS) is 11.2. The Kier molecular flexibility index (Phi) is 3.98. The monoisotopic (exact) mass is 308 g/mol. The van der Waals surface area contributed by atoms with Crippen LogP contribution in [0.25, 0.3) is 0 Å². The fourth-order valence-electron chi connectivity index (χ4n) is 0.618. The van der Waals surface area contributed by atoms with Crippen LogP contribution in [0.3, 0.4) is 0 Å². The fourth-order valence-corrected chi connectivity index (χ4v) is 2.13. The van der Waals surface area contributed by atoms with Gasteiger partial charge in [-0.15, -0.1) is 0 Å². The Morgan fingerprint density at radius 3 is 2.08 bits per heavy atom. The van der Waals surface area contributed by atoms with Crippen LogP contribution >= 0.6 is 38.5 Å². The Balaban J connectivity index is 2.78. The van der Waals surface area contributed by atoms with E-state index in [-0.39, 0.29) is 0 Å². The molecular weight excluding hydrogens is 304 g/mol. The van der Waals surface area contributed by atoms with Gasteiger partial charge in [-0.05, 0) is 0 Å². The Morgan fingerprint density at radius 1 is 1.17 bits per heavy atom. The molecule has 0 aliphatic carbocycles. The van der Waals surface area contributed by atoms with E-state index in [9.17, 15) is 0 Å². The van der Waals surface area contributed by atoms with Crippen LogP contribution in [0.1, 0.15) is 0 Å². The molecule has 12 heavy (non-hydrogen) atoms. The zero-order chi connectivity index (χ0) is 9.19. The van der Waals surface area contributed by atoms with E-state index in [0.717, 1.165) is 0 Å². The molecule has 0 saturated heterocycles. The molecule has 0 unspecified atom stereocenters. The first-order valence-electron chi connectivity index (χ1n) is 2.92. The van der Waals surface area contributed by atoms with E-state index in [1.54, 1.807) is 24.3 Å². The summed E-state index contributed by atoms with van der Waals surface area (Å²) in [5, 5.41) is 0.649. The van der Waals surface area contributed by atoms with Crippen LogP contribution in [0.5, 0.6) is 5.75 Å². The minimum absolute atomic E-state index is 0.608. The van der Waals surface area contributed by atoms with Crippen molar-refractivity contribution in [2.45, 2.75) is 0 Å². The summed E-state index contributed by atoms with van der Waals surface area (Å²) in [5.74, 6) is 0.608. The molecule has 0 radical (unpaired) electrons. The van der Waals surface area contributed by atoms with Crippen molar-refractivity contribution in [2.75, 3.05) is 0 Å². The second-order valence-electron chi connectivity index (χ2n) is 1.96. The van der Waals surface area contributed by atoms with Crippen molar-refractivity contribution in [2.24, 2.45) is 0 Å². The minimum atomic E-state index is -2.38. The van der Waals surface area contributed by atoms with Crippen molar-refractivity contribution in [3.8, 4) is 5.75 Å². The molecular formula is C6H4Cl3OPSe. The molecule has 0 aliphatic heterocycles. The average molecular weight is 308 g/mol. The topological polar surface area (TPSA) is 9.23 Å². The van der Waals surface area contributed by atoms with Gasteiger partial charge in [0.1, 0.15) is 0 Å². The van der Waals surface area contributed by atoms with Crippen LogP contribution in [0, 0.1) is 0 Å². The third-order valence-corrected chi connectivity index (χ3v) is 2.58. The fraction of sp³-hybridized carbons (Fsp3) is 0. The molecule has 0 heterocycles. The third-order valence-electron chi connectivity index (χ3n) is 1.03. The van der Waals surface area contributed by atoms with Gasteiger partial charge in [-0.3, -0.25) is 0 Å². The van der Waals surface area contributed by atoms with Gasteiger partial charge in [-0.1, -0.05) is 0 Å². The van der Waals surface area contributed by atoms with E-state index in [4.69, 9.17) is 38.6 Å². The van der Waals surface area contributed by atoms with Crippen LogP contribution in [-0.2, 0) is 0 Å². The Hall–Kier alpha value is 0.839. The molecule has 66 valence electrons. The second kappa shape index (κ2) is 4.37. The third kappa shape index (κ3) is 4.18. The van der Waals surface area contributed by atoms with Gasteiger partial charge in [0, 0.05) is 0 Å². The molecule has 0 N–H and O–H groups in total. The molecule has 1 nitrogen and oxygen atoms in total. The van der Waals surface area contributed by atoms with Crippen LogP contribution in [0.2, 0.25) is 5.02 Å². The molecule has 1 aromatic carbocycles. The Bertz CT molecular complexity index is 307. The van der Waals surface area contributed by atoms with Gasteiger partial charge in [-0.25, -0.2) is 0 Å². The zero-order valence-corrected chi connectivity index (χ0v) is 10.6. The summed E-state index contributed by atoms with van der Waals surface area (Å²) in [6.45, 7) is 0. The van der Waals surface area contributed by atoms with Crippen LogP contribution < -0.4 is 4.52 Å². The SMILES string of the molecule is Clc1ccc(OP(Cl)(Cl)=[Se])cc1. The van der Waals surface area contributed by atoms with Gasteiger partial charge in [-0.2, -0.15) is 0 Å². The maximum absolute atomic E-state index is 5.67. The van der Waals surface area contributed by atoms with E-state index >= 15 is 0 Å². The summed E-state index contributed by atoms with van der Waals surface area (Å²) in [5.41, 5.74) is 0. The molecule has 0 aliphatic rings. The predicted octanol–water partition coefficient (Wildman–Crippen LogP) is 4.04. The number of hydrogen-bond acceptors (Lipinski definition) is 1. The van der Waals surface area contributed by atoms with Gasteiger partial charge in [0.15, 0.2) is 0 Å². The molecule has 0 atom stereocenters. The van der Waals surface area contributed by atoms with Gasteiger partial charge in [0.2, 0.25) is 0 Å². The molecule has 0 spiro atoms. The molecule has 0 bridgehead atoms. The number of halogens is 3. The molecule has 0 amide bonds. The quantitative estimate of drug-likeness (QED) is 0.592. The molecule has 6 heteroatoms. The first-order chi connectivity index (χ1) is 5.47. The van der Waals surface area contributed by atoms with Gasteiger partial charge < -0.3 is 0 Å². The van der Waals surface area contributed by atoms with Crippen molar-refractivity contribution in [1.29, 1.82) is 0 Å². The summed E-state index contributed by atoms with van der Waals surface area (Å²) >= 11 is 19.6. The molecule has 1 rings (SSSR count). The predicted molar refractivity (Wildman–Crippen MR) is 56.5 cm³/mol. The number of hydrogen-bond donors (Lipinski definition) is 0. The van der Waals surface area contributed by atoms with Gasteiger partial charge in [0.05, 0.1) is 0 Å². The van der Waals surface area contributed by atoms with E-state index in [1.807, 2.05) is 0 Å². The van der Waals surface area contributed by atoms with E-state index in [2.05, 4.69) is 15.1 Å². The van der Waals surface area contributed by atoms with Crippen LogP contribution in [0.4, 0.5) is 0 Å². The van der Waals surface area contributed by atoms with Crippen molar-refractivity contribution in [3.63, 3.8) is 0 Å². The zero-order valence-electron chi connectivity index (χ0n) is 5.71. The Labute approximate surface area is 92.8 Å². The van der Waals surface area contributed by atoms with E-state index in [1.165, 1.54) is 0 Å². The van der Waals surface area contributed by atoms with Gasteiger partial charge >= 0.3 is 93.2 Å². The van der Waals surface area contributed by atoms with Crippen molar-refractivity contribution in [3.05, 3.63) is 29.3 Å².